The van der Waals surface area contributed by atoms with Crippen LogP contribution in [-0.2, 0) is 16.1 Å². The highest BCUT2D eigenvalue weighted by Crippen LogP contribution is 2.25. The summed E-state index contributed by atoms with van der Waals surface area (Å²) in [5.41, 5.74) is -0.664. The van der Waals surface area contributed by atoms with E-state index in [1.165, 1.54) is 0 Å². The molecule has 0 atom stereocenters. The molecule has 0 amide bonds. The summed E-state index contributed by atoms with van der Waals surface area (Å²) in [4.78, 5) is 10.2. The summed E-state index contributed by atoms with van der Waals surface area (Å²) in [5.74, 6) is -5.31. The van der Waals surface area contributed by atoms with E-state index in [9.17, 15) is 18.0 Å². The first-order valence-corrected chi connectivity index (χ1v) is 5.24. The molecule has 9 heteroatoms. The van der Waals surface area contributed by atoms with Crippen LogP contribution in [0.3, 0.4) is 0 Å². The summed E-state index contributed by atoms with van der Waals surface area (Å²) < 4.78 is 49.2. The maximum Gasteiger partial charge on any atom is 0.329 e. The highest BCUT2D eigenvalue weighted by molar-refractivity contribution is 5.67. The van der Waals surface area contributed by atoms with Crippen molar-refractivity contribution in [1.82, 2.24) is 10.2 Å². The molecular formula is C11H7F3N2O4. The van der Waals surface area contributed by atoms with Crippen LogP contribution in [0.4, 0.5) is 13.2 Å². The summed E-state index contributed by atoms with van der Waals surface area (Å²) >= 11 is 0. The summed E-state index contributed by atoms with van der Waals surface area (Å²) in [6.45, 7) is -0.916. The molecule has 0 saturated carbocycles. The second kappa shape index (κ2) is 5.70. The van der Waals surface area contributed by atoms with Gasteiger partial charge in [0.05, 0.1) is 0 Å². The molecule has 2 aromatic rings. The van der Waals surface area contributed by atoms with Gasteiger partial charge in [-0.25, -0.2) is 18.0 Å². The second-order valence-corrected chi connectivity index (χ2v) is 3.63. The molecule has 0 unspecified atom stereocenters. The quantitative estimate of drug-likeness (QED) is 0.902. The van der Waals surface area contributed by atoms with Crippen molar-refractivity contribution in [1.29, 1.82) is 0 Å². The molecule has 1 N–H and O–H groups in total. The SMILES string of the molecule is O=C(O)COCc1nnc(-c2c(F)cc(F)cc2F)o1. The Bertz CT molecular complexity index is 621. The van der Waals surface area contributed by atoms with Gasteiger partial charge in [0.15, 0.2) is 0 Å². The lowest BCUT2D eigenvalue weighted by atomic mass is 10.2. The van der Waals surface area contributed by atoms with E-state index in [-0.39, 0.29) is 12.5 Å². The molecule has 6 nitrogen and oxygen atoms in total. The van der Waals surface area contributed by atoms with Crippen molar-refractivity contribution in [3.05, 3.63) is 35.5 Å². The van der Waals surface area contributed by atoms with Gasteiger partial charge >= 0.3 is 5.97 Å². The molecule has 0 spiro atoms. The van der Waals surface area contributed by atoms with Crippen molar-refractivity contribution in [2.45, 2.75) is 6.61 Å². The van der Waals surface area contributed by atoms with E-state index < -0.39 is 41.5 Å². The lowest BCUT2D eigenvalue weighted by Gasteiger charge is -2.00. The molecule has 0 aliphatic rings. The zero-order valence-electron chi connectivity index (χ0n) is 9.77. The van der Waals surface area contributed by atoms with Gasteiger partial charge in [-0.1, -0.05) is 0 Å². The van der Waals surface area contributed by atoms with E-state index >= 15 is 0 Å². The van der Waals surface area contributed by atoms with Crippen LogP contribution in [0.1, 0.15) is 5.89 Å². The first-order valence-electron chi connectivity index (χ1n) is 5.24. The maximum absolute atomic E-state index is 13.4. The molecule has 1 aromatic carbocycles. The molecule has 0 saturated heterocycles. The largest absolute Gasteiger partial charge is 0.480 e. The molecule has 0 aliphatic heterocycles. The third-order valence-corrected chi connectivity index (χ3v) is 2.14. The lowest BCUT2D eigenvalue weighted by molar-refractivity contribution is -0.142. The summed E-state index contributed by atoms with van der Waals surface area (Å²) in [5, 5.41) is 15.2. The van der Waals surface area contributed by atoms with E-state index in [1.54, 1.807) is 0 Å². The fourth-order valence-electron chi connectivity index (χ4n) is 1.39. The summed E-state index contributed by atoms with van der Waals surface area (Å²) in [7, 11) is 0. The van der Waals surface area contributed by atoms with Crippen LogP contribution in [0, 0.1) is 17.5 Å². The molecule has 0 aliphatic carbocycles. The Balaban J connectivity index is 2.19. The Morgan fingerprint density at radius 1 is 1.25 bits per heavy atom. The average Bonchev–Trinajstić information content (AvgIpc) is 2.75. The molecule has 0 radical (unpaired) electrons. The minimum Gasteiger partial charge on any atom is -0.480 e. The van der Waals surface area contributed by atoms with Gasteiger partial charge in [-0.05, 0) is 0 Å². The number of hydrogen-bond donors (Lipinski definition) is 1. The van der Waals surface area contributed by atoms with E-state index in [0.717, 1.165) is 0 Å². The number of benzene rings is 1. The fourth-order valence-corrected chi connectivity index (χ4v) is 1.39. The van der Waals surface area contributed by atoms with Crippen molar-refractivity contribution in [2.75, 3.05) is 6.61 Å². The molecule has 0 fully saturated rings. The number of aromatic nitrogens is 2. The van der Waals surface area contributed by atoms with Gasteiger partial charge in [0.2, 0.25) is 5.89 Å². The van der Waals surface area contributed by atoms with Crippen molar-refractivity contribution in [2.24, 2.45) is 0 Å². The predicted molar refractivity (Wildman–Crippen MR) is 56.9 cm³/mol. The topological polar surface area (TPSA) is 85.5 Å². The smallest absolute Gasteiger partial charge is 0.329 e. The van der Waals surface area contributed by atoms with Gasteiger partial charge in [0, 0.05) is 12.1 Å². The van der Waals surface area contributed by atoms with Crippen LogP contribution in [0.2, 0.25) is 0 Å². The number of hydrogen-bond acceptors (Lipinski definition) is 5. The predicted octanol–water partition coefficient (Wildman–Crippen LogP) is 1.76. The van der Waals surface area contributed by atoms with Crippen LogP contribution < -0.4 is 0 Å². The van der Waals surface area contributed by atoms with Crippen molar-refractivity contribution < 1.29 is 32.2 Å². The Morgan fingerprint density at radius 2 is 1.90 bits per heavy atom. The van der Waals surface area contributed by atoms with Gasteiger partial charge in [-0.2, -0.15) is 0 Å². The van der Waals surface area contributed by atoms with Gasteiger partial charge in [0.25, 0.3) is 5.89 Å². The average molecular weight is 288 g/mol. The molecular weight excluding hydrogens is 281 g/mol. The number of carboxylic acid groups (broad SMARTS) is 1. The summed E-state index contributed by atoms with van der Waals surface area (Å²) in [6.07, 6.45) is 0. The van der Waals surface area contributed by atoms with Gasteiger partial charge in [-0.3, -0.25) is 0 Å². The number of aliphatic carboxylic acids is 1. The van der Waals surface area contributed by atoms with Gasteiger partial charge in [0.1, 0.15) is 36.2 Å². The minimum absolute atomic E-state index is 0.163. The fraction of sp³-hybridized carbons (Fsp3) is 0.182. The van der Waals surface area contributed by atoms with Gasteiger partial charge < -0.3 is 14.3 Å². The zero-order valence-corrected chi connectivity index (χ0v) is 9.77. The number of nitrogens with zero attached hydrogens (tertiary/aromatic N) is 2. The number of rotatable bonds is 5. The van der Waals surface area contributed by atoms with E-state index in [0.29, 0.717) is 12.1 Å². The number of carbonyl (C=O) groups is 1. The van der Waals surface area contributed by atoms with Crippen LogP contribution in [0.15, 0.2) is 16.5 Å². The van der Waals surface area contributed by atoms with Crippen molar-refractivity contribution >= 4 is 5.97 Å². The van der Waals surface area contributed by atoms with Crippen LogP contribution in [0.25, 0.3) is 11.5 Å². The van der Waals surface area contributed by atoms with Crippen molar-refractivity contribution in [3.63, 3.8) is 0 Å². The lowest BCUT2D eigenvalue weighted by Crippen LogP contribution is -2.06. The number of carboxylic acids is 1. The third-order valence-electron chi connectivity index (χ3n) is 2.14. The molecule has 20 heavy (non-hydrogen) atoms. The molecule has 1 aromatic heterocycles. The molecule has 0 bridgehead atoms. The molecule has 106 valence electrons. The van der Waals surface area contributed by atoms with Crippen molar-refractivity contribution in [3.8, 4) is 11.5 Å². The van der Waals surface area contributed by atoms with E-state index in [1.807, 2.05) is 0 Å². The Hall–Kier alpha value is -2.42. The monoisotopic (exact) mass is 288 g/mol. The zero-order chi connectivity index (χ0) is 14.7. The van der Waals surface area contributed by atoms with Crippen LogP contribution in [0.5, 0.6) is 0 Å². The Kier molecular flexibility index (Phi) is 3.99. The Morgan fingerprint density at radius 3 is 2.50 bits per heavy atom. The van der Waals surface area contributed by atoms with Crippen LogP contribution >= 0.6 is 0 Å². The second-order valence-electron chi connectivity index (χ2n) is 3.63. The first-order chi connectivity index (χ1) is 9.47. The highest BCUT2D eigenvalue weighted by atomic mass is 19.1. The maximum atomic E-state index is 13.4. The third kappa shape index (κ3) is 3.12. The van der Waals surface area contributed by atoms with Crippen LogP contribution in [-0.4, -0.2) is 27.9 Å². The molecule has 1 heterocycles. The van der Waals surface area contributed by atoms with E-state index in [2.05, 4.69) is 14.9 Å². The Labute approximate surface area is 109 Å². The first kappa shape index (κ1) is 14.0. The number of halogens is 3. The number of ether oxygens (including phenoxy) is 1. The standard InChI is InChI=1S/C11H7F3N2O4/c12-5-1-6(13)10(7(14)2-5)11-16-15-8(20-11)3-19-4-9(17)18/h1-2H,3-4H2,(H,17,18). The van der Waals surface area contributed by atoms with Gasteiger partial charge in [-0.15, -0.1) is 10.2 Å². The summed E-state index contributed by atoms with van der Waals surface area (Å²) in [6, 6.07) is 0.951. The normalized spacial score (nSPS) is 10.8. The highest BCUT2D eigenvalue weighted by Gasteiger charge is 2.19. The van der Waals surface area contributed by atoms with E-state index in [4.69, 9.17) is 9.52 Å². The molecule has 2 rings (SSSR count). The minimum atomic E-state index is -1.19.